The number of carbonyl (C=O) groups is 1. The highest BCUT2D eigenvalue weighted by molar-refractivity contribution is 6.05. The normalized spacial score (nSPS) is 11.8. The van der Waals surface area contributed by atoms with Crippen molar-refractivity contribution >= 4 is 22.6 Å². The fourth-order valence-corrected chi connectivity index (χ4v) is 3.24. The van der Waals surface area contributed by atoms with E-state index in [-0.39, 0.29) is 17.9 Å². The van der Waals surface area contributed by atoms with Gasteiger partial charge in [0.1, 0.15) is 5.65 Å². The van der Waals surface area contributed by atoms with Gasteiger partial charge in [0, 0.05) is 24.1 Å². The molecule has 0 bridgehead atoms. The molecule has 0 spiro atoms. The third-order valence-electron chi connectivity index (χ3n) is 4.76. The fraction of sp³-hybridized carbons (Fsp3) is 0.333. The molecular weight excluding hydrogens is 352 g/mol. The molecule has 1 amide bonds. The van der Waals surface area contributed by atoms with Crippen LogP contribution in [0.2, 0.25) is 0 Å². The Balaban J connectivity index is 1.65. The molecule has 0 aliphatic rings. The molecule has 0 saturated carbocycles. The molecule has 0 aliphatic heterocycles. The summed E-state index contributed by atoms with van der Waals surface area (Å²) in [6.07, 6.45) is 5.59. The average Bonchev–Trinajstić information content (AvgIpc) is 3.28. The van der Waals surface area contributed by atoms with Crippen molar-refractivity contribution in [3.8, 4) is 0 Å². The second-order valence-electron chi connectivity index (χ2n) is 7.55. The second-order valence-corrected chi connectivity index (χ2v) is 7.55. The van der Waals surface area contributed by atoms with Crippen LogP contribution < -0.4 is 5.32 Å². The summed E-state index contributed by atoms with van der Waals surface area (Å²) >= 11 is 0. The van der Waals surface area contributed by atoms with Crippen LogP contribution in [-0.2, 0) is 6.54 Å². The molecule has 4 rings (SSSR count). The molecule has 7 nitrogen and oxygen atoms in total. The largest absolute Gasteiger partial charge is 0.346 e. The zero-order valence-corrected chi connectivity index (χ0v) is 16.5. The zero-order chi connectivity index (χ0) is 19.8. The number of carbonyl (C=O) groups excluding carboxylic acids is 1. The summed E-state index contributed by atoms with van der Waals surface area (Å²) < 4.78 is 3.80. The maximum absolute atomic E-state index is 13.0. The van der Waals surface area contributed by atoms with Gasteiger partial charge in [-0.05, 0) is 38.0 Å². The van der Waals surface area contributed by atoms with E-state index in [0.29, 0.717) is 12.1 Å². The van der Waals surface area contributed by atoms with Crippen LogP contribution in [0.3, 0.4) is 0 Å². The molecule has 4 heterocycles. The molecule has 0 unspecified atom stereocenters. The summed E-state index contributed by atoms with van der Waals surface area (Å²) in [5, 5.41) is 8.21. The molecule has 144 valence electrons. The summed E-state index contributed by atoms with van der Waals surface area (Å²) in [6, 6.07) is 7.87. The fourth-order valence-electron chi connectivity index (χ4n) is 3.24. The molecule has 4 aromatic heterocycles. The van der Waals surface area contributed by atoms with Crippen molar-refractivity contribution in [3.63, 3.8) is 0 Å². The van der Waals surface area contributed by atoms with Gasteiger partial charge in [0.25, 0.3) is 5.91 Å². The first-order valence-electron chi connectivity index (χ1n) is 9.53. The van der Waals surface area contributed by atoms with Crippen molar-refractivity contribution in [2.75, 3.05) is 0 Å². The number of pyridine rings is 2. The molecular formula is C21H24N6O. The lowest BCUT2D eigenvalue weighted by Gasteiger charge is -2.12. The van der Waals surface area contributed by atoms with Gasteiger partial charge in [-0.2, -0.15) is 5.10 Å². The van der Waals surface area contributed by atoms with Crippen LogP contribution in [0.5, 0.6) is 0 Å². The lowest BCUT2D eigenvalue weighted by molar-refractivity contribution is 0.0952. The van der Waals surface area contributed by atoms with Crippen molar-refractivity contribution in [2.45, 2.75) is 46.2 Å². The SMILES string of the molecule is CC(C)c1cc(C(=O)NCc2cn3ccccc3n2)c2cnn(C(C)C)c2n1. The minimum atomic E-state index is -0.144. The molecule has 7 heteroatoms. The molecule has 28 heavy (non-hydrogen) atoms. The first-order chi connectivity index (χ1) is 13.4. The minimum absolute atomic E-state index is 0.144. The van der Waals surface area contributed by atoms with E-state index in [1.165, 1.54) is 0 Å². The molecule has 0 radical (unpaired) electrons. The molecule has 0 atom stereocenters. The monoisotopic (exact) mass is 376 g/mol. The van der Waals surface area contributed by atoms with Crippen molar-refractivity contribution in [2.24, 2.45) is 0 Å². The number of hydrogen-bond donors (Lipinski definition) is 1. The van der Waals surface area contributed by atoms with Crippen molar-refractivity contribution in [3.05, 3.63) is 59.8 Å². The lowest BCUT2D eigenvalue weighted by Crippen LogP contribution is -2.23. The van der Waals surface area contributed by atoms with Crippen LogP contribution in [0.15, 0.2) is 42.9 Å². The lowest BCUT2D eigenvalue weighted by atomic mass is 10.0. The number of nitrogens with one attached hydrogen (secondary N) is 1. The van der Waals surface area contributed by atoms with Crippen molar-refractivity contribution in [1.29, 1.82) is 0 Å². The van der Waals surface area contributed by atoms with Gasteiger partial charge in [0.05, 0.1) is 29.4 Å². The van der Waals surface area contributed by atoms with E-state index in [0.717, 1.165) is 28.1 Å². The third-order valence-corrected chi connectivity index (χ3v) is 4.76. The average molecular weight is 376 g/mol. The van der Waals surface area contributed by atoms with Gasteiger partial charge >= 0.3 is 0 Å². The second kappa shape index (κ2) is 7.07. The Morgan fingerprint density at radius 1 is 1.18 bits per heavy atom. The van der Waals surface area contributed by atoms with Crippen LogP contribution in [0.4, 0.5) is 0 Å². The Bertz CT molecular complexity index is 1120. The van der Waals surface area contributed by atoms with Crippen molar-refractivity contribution in [1.82, 2.24) is 29.5 Å². The van der Waals surface area contributed by atoms with E-state index in [9.17, 15) is 4.79 Å². The van der Waals surface area contributed by atoms with Gasteiger partial charge < -0.3 is 9.72 Å². The number of amides is 1. The standard InChI is InChI=1S/C21H24N6O/c1-13(2)18-9-16(17-11-23-27(14(3)4)20(17)25-18)21(28)22-10-15-12-26-8-6-5-7-19(26)24-15/h5-9,11-14H,10H2,1-4H3,(H,22,28). The zero-order valence-electron chi connectivity index (χ0n) is 16.5. The minimum Gasteiger partial charge on any atom is -0.346 e. The smallest absolute Gasteiger partial charge is 0.252 e. The van der Waals surface area contributed by atoms with E-state index in [2.05, 4.69) is 43.1 Å². The summed E-state index contributed by atoms with van der Waals surface area (Å²) in [6.45, 7) is 8.61. The predicted octanol–water partition coefficient (Wildman–Crippen LogP) is 3.71. The number of aromatic nitrogens is 5. The van der Waals surface area contributed by atoms with E-state index < -0.39 is 0 Å². The Kier molecular flexibility index (Phi) is 4.58. The van der Waals surface area contributed by atoms with Crippen LogP contribution in [0.1, 0.15) is 61.4 Å². The van der Waals surface area contributed by atoms with Crippen molar-refractivity contribution < 1.29 is 4.79 Å². The van der Waals surface area contributed by atoms with E-state index in [1.807, 2.05) is 45.7 Å². The topological polar surface area (TPSA) is 77.1 Å². The maximum atomic E-state index is 13.0. The summed E-state index contributed by atoms with van der Waals surface area (Å²) in [4.78, 5) is 22.3. The number of nitrogens with zero attached hydrogens (tertiary/aromatic N) is 5. The number of fused-ring (bicyclic) bond motifs is 2. The Morgan fingerprint density at radius 2 is 2.00 bits per heavy atom. The molecule has 0 saturated heterocycles. The molecule has 4 aromatic rings. The Hall–Kier alpha value is -3.22. The molecule has 1 N–H and O–H groups in total. The maximum Gasteiger partial charge on any atom is 0.252 e. The first-order valence-corrected chi connectivity index (χ1v) is 9.53. The summed E-state index contributed by atoms with van der Waals surface area (Å²) in [5.74, 6) is 0.0690. The summed E-state index contributed by atoms with van der Waals surface area (Å²) in [7, 11) is 0. The first kappa shape index (κ1) is 18.2. The third kappa shape index (κ3) is 3.24. The predicted molar refractivity (Wildman–Crippen MR) is 108 cm³/mol. The molecule has 0 aromatic carbocycles. The number of rotatable bonds is 5. The molecule has 0 aliphatic carbocycles. The van der Waals surface area contributed by atoms with Gasteiger partial charge in [-0.25, -0.2) is 14.6 Å². The van der Waals surface area contributed by atoms with Crippen LogP contribution >= 0.6 is 0 Å². The Morgan fingerprint density at radius 3 is 2.71 bits per heavy atom. The Labute approximate surface area is 163 Å². The number of hydrogen-bond acceptors (Lipinski definition) is 4. The van der Waals surface area contributed by atoms with E-state index in [1.54, 1.807) is 6.20 Å². The van der Waals surface area contributed by atoms with Crippen LogP contribution in [0, 0.1) is 0 Å². The highest BCUT2D eigenvalue weighted by Crippen LogP contribution is 2.24. The number of imidazole rings is 1. The highest BCUT2D eigenvalue weighted by Gasteiger charge is 2.19. The van der Waals surface area contributed by atoms with Gasteiger partial charge in [-0.3, -0.25) is 4.79 Å². The van der Waals surface area contributed by atoms with Crippen LogP contribution in [0.25, 0.3) is 16.7 Å². The molecule has 0 fully saturated rings. The van der Waals surface area contributed by atoms with Crippen LogP contribution in [-0.4, -0.2) is 30.1 Å². The quantitative estimate of drug-likeness (QED) is 0.576. The highest BCUT2D eigenvalue weighted by atomic mass is 16.1. The van der Waals surface area contributed by atoms with Gasteiger partial charge in [-0.1, -0.05) is 19.9 Å². The van der Waals surface area contributed by atoms with Gasteiger partial charge in [-0.15, -0.1) is 0 Å². The van der Waals surface area contributed by atoms with E-state index in [4.69, 9.17) is 4.98 Å². The van der Waals surface area contributed by atoms with Gasteiger partial charge in [0.2, 0.25) is 0 Å². The van der Waals surface area contributed by atoms with Gasteiger partial charge in [0.15, 0.2) is 5.65 Å². The van der Waals surface area contributed by atoms with E-state index >= 15 is 0 Å². The summed E-state index contributed by atoms with van der Waals surface area (Å²) in [5.41, 5.74) is 3.90.